The molecule has 2 heterocycles. The van der Waals surface area contributed by atoms with E-state index in [1.165, 1.54) is 19.1 Å². The van der Waals surface area contributed by atoms with Gasteiger partial charge in [0.05, 0.1) is 28.3 Å². The van der Waals surface area contributed by atoms with Gasteiger partial charge in [0.2, 0.25) is 0 Å². The van der Waals surface area contributed by atoms with Crippen molar-refractivity contribution in [2.24, 2.45) is 5.92 Å². The minimum absolute atomic E-state index is 0.140. The van der Waals surface area contributed by atoms with Crippen LogP contribution in [0.25, 0.3) is 16.5 Å². The summed E-state index contributed by atoms with van der Waals surface area (Å²) in [7, 11) is 0. The molecule has 1 aliphatic carbocycles. The first-order chi connectivity index (χ1) is 18.0. The Balaban J connectivity index is 1.93. The summed E-state index contributed by atoms with van der Waals surface area (Å²) >= 11 is 6.12. The standard InChI is InChI=1S/C27H25ClF3N3O4/c1-3-19(27(29,30)31)22(20(28)4-2)25(36)34-21-14-17(24(35)33-12-5-13-33)10-11-18(21)23(32-34)15-6-8-16(9-7-15)26(37)38/h3-4,6,10-11,14,16H,1,5,7-9,12-13H2,2H3,(H,37,38)/b20-4+,22-19-. The number of aromatic nitrogens is 2. The zero-order valence-corrected chi connectivity index (χ0v) is 21.3. The summed E-state index contributed by atoms with van der Waals surface area (Å²) in [6, 6.07) is 4.64. The van der Waals surface area contributed by atoms with Crippen LogP contribution in [0.3, 0.4) is 0 Å². The van der Waals surface area contributed by atoms with E-state index in [1.807, 2.05) is 0 Å². The minimum Gasteiger partial charge on any atom is -0.481 e. The maximum atomic E-state index is 13.9. The second kappa shape index (κ2) is 10.6. The van der Waals surface area contributed by atoms with Crippen LogP contribution in [0.4, 0.5) is 13.2 Å². The van der Waals surface area contributed by atoms with E-state index in [9.17, 15) is 32.7 Å². The Morgan fingerprint density at radius 2 is 1.95 bits per heavy atom. The Labute approximate surface area is 221 Å². The van der Waals surface area contributed by atoms with Crippen molar-refractivity contribution in [3.05, 3.63) is 70.4 Å². The summed E-state index contributed by atoms with van der Waals surface area (Å²) in [6.45, 7) is 5.81. The van der Waals surface area contributed by atoms with Gasteiger partial charge in [0.1, 0.15) is 0 Å². The Kier molecular flexibility index (Phi) is 7.64. The minimum atomic E-state index is -4.92. The fraction of sp³-hybridized carbons (Fsp3) is 0.333. The third-order valence-electron chi connectivity index (χ3n) is 6.81. The molecule has 1 fully saturated rings. The van der Waals surface area contributed by atoms with Gasteiger partial charge in [-0.15, -0.1) is 0 Å². The van der Waals surface area contributed by atoms with Gasteiger partial charge in [0, 0.05) is 29.1 Å². The number of carboxylic acid groups (broad SMARTS) is 1. The van der Waals surface area contributed by atoms with Crippen molar-refractivity contribution < 1.29 is 32.7 Å². The first kappa shape index (κ1) is 27.4. The Hall–Kier alpha value is -3.66. The van der Waals surface area contributed by atoms with Crippen LogP contribution < -0.4 is 0 Å². The van der Waals surface area contributed by atoms with Crippen LogP contribution in [0.15, 0.2) is 59.2 Å². The lowest BCUT2D eigenvalue weighted by Crippen LogP contribution is -2.42. The number of benzene rings is 1. The molecule has 7 nitrogen and oxygen atoms in total. The zero-order chi connectivity index (χ0) is 27.8. The third-order valence-corrected chi connectivity index (χ3v) is 7.22. The van der Waals surface area contributed by atoms with Gasteiger partial charge in [-0.3, -0.25) is 14.4 Å². The molecule has 0 bridgehead atoms. The van der Waals surface area contributed by atoms with E-state index in [0.717, 1.165) is 11.1 Å². The van der Waals surface area contributed by atoms with Crippen LogP contribution in [-0.4, -0.2) is 56.8 Å². The molecular formula is C27H25ClF3N3O4. The van der Waals surface area contributed by atoms with Crippen LogP contribution >= 0.6 is 11.6 Å². The van der Waals surface area contributed by atoms with Crippen LogP contribution in [-0.2, 0) is 4.79 Å². The first-order valence-electron chi connectivity index (χ1n) is 12.0. The van der Waals surface area contributed by atoms with Crippen molar-refractivity contribution in [2.75, 3.05) is 13.1 Å². The molecule has 1 unspecified atom stereocenters. The number of aliphatic carboxylic acids is 1. The third kappa shape index (κ3) is 5.05. The number of halogens is 4. The molecule has 0 radical (unpaired) electrons. The monoisotopic (exact) mass is 547 g/mol. The van der Waals surface area contributed by atoms with Gasteiger partial charge in [0.25, 0.3) is 11.8 Å². The molecular weight excluding hydrogens is 523 g/mol. The Bertz CT molecular complexity index is 1430. The molecule has 200 valence electrons. The number of carbonyl (C=O) groups excluding carboxylic acids is 2. The summed E-state index contributed by atoms with van der Waals surface area (Å²) in [4.78, 5) is 39.6. The highest BCUT2D eigenvalue weighted by Crippen LogP contribution is 2.37. The molecule has 4 rings (SSSR count). The fourth-order valence-electron chi connectivity index (χ4n) is 4.57. The maximum absolute atomic E-state index is 13.9. The number of likely N-dealkylation sites (tertiary alicyclic amines) is 1. The number of carboxylic acids is 1. The molecule has 1 aromatic carbocycles. The molecule has 1 aliphatic heterocycles. The molecule has 38 heavy (non-hydrogen) atoms. The van der Waals surface area contributed by atoms with E-state index >= 15 is 0 Å². The molecule has 0 saturated carbocycles. The summed E-state index contributed by atoms with van der Waals surface area (Å²) in [6.07, 6.45) is 0.326. The molecule has 2 aromatic rings. The lowest BCUT2D eigenvalue weighted by atomic mass is 9.87. The van der Waals surface area contributed by atoms with Crippen molar-refractivity contribution >= 4 is 45.9 Å². The number of rotatable bonds is 6. The number of carbonyl (C=O) groups is 3. The summed E-state index contributed by atoms with van der Waals surface area (Å²) < 4.78 is 42.4. The predicted molar refractivity (Wildman–Crippen MR) is 137 cm³/mol. The van der Waals surface area contributed by atoms with Crippen molar-refractivity contribution in [2.45, 2.75) is 38.8 Å². The number of hydrogen-bond acceptors (Lipinski definition) is 4. The van der Waals surface area contributed by atoms with E-state index in [0.29, 0.717) is 48.7 Å². The zero-order valence-electron chi connectivity index (χ0n) is 20.5. The van der Waals surface area contributed by atoms with Crippen LogP contribution in [0.2, 0.25) is 0 Å². The highest BCUT2D eigenvalue weighted by Gasteiger charge is 2.38. The summed E-state index contributed by atoms with van der Waals surface area (Å²) in [5.74, 6) is -2.87. The van der Waals surface area contributed by atoms with Gasteiger partial charge in [-0.05, 0) is 56.4 Å². The van der Waals surface area contributed by atoms with E-state index in [2.05, 4.69) is 11.7 Å². The largest absolute Gasteiger partial charge is 0.481 e. The number of alkyl halides is 3. The Morgan fingerprint density at radius 1 is 1.24 bits per heavy atom. The molecule has 1 amide bonds. The highest BCUT2D eigenvalue weighted by molar-refractivity contribution is 6.35. The summed E-state index contributed by atoms with van der Waals surface area (Å²) in [5, 5.41) is 13.7. The quantitative estimate of drug-likeness (QED) is 0.355. The maximum Gasteiger partial charge on any atom is 0.417 e. The Morgan fingerprint density at radius 3 is 2.45 bits per heavy atom. The number of nitrogens with zero attached hydrogens (tertiary/aromatic N) is 3. The summed E-state index contributed by atoms with van der Waals surface area (Å²) in [5.41, 5.74) is -0.725. The fourth-order valence-corrected chi connectivity index (χ4v) is 4.75. The van der Waals surface area contributed by atoms with E-state index in [1.54, 1.807) is 23.1 Å². The number of allylic oxidation sites excluding steroid dienone is 7. The van der Waals surface area contributed by atoms with Gasteiger partial charge < -0.3 is 10.0 Å². The molecule has 2 aliphatic rings. The second-order valence-electron chi connectivity index (χ2n) is 9.11. The molecule has 0 spiro atoms. The van der Waals surface area contributed by atoms with Crippen molar-refractivity contribution in [3.63, 3.8) is 0 Å². The smallest absolute Gasteiger partial charge is 0.417 e. The lowest BCUT2D eigenvalue weighted by Gasteiger charge is -2.30. The molecule has 11 heteroatoms. The van der Waals surface area contributed by atoms with Crippen molar-refractivity contribution in [1.82, 2.24) is 14.7 Å². The average molecular weight is 548 g/mol. The van der Waals surface area contributed by atoms with Gasteiger partial charge in [-0.2, -0.15) is 23.0 Å². The van der Waals surface area contributed by atoms with Gasteiger partial charge in [0.15, 0.2) is 0 Å². The van der Waals surface area contributed by atoms with Crippen LogP contribution in [0, 0.1) is 5.92 Å². The number of amides is 1. The van der Waals surface area contributed by atoms with Crippen LogP contribution in [0.5, 0.6) is 0 Å². The van der Waals surface area contributed by atoms with Gasteiger partial charge in [-0.25, -0.2) is 0 Å². The molecule has 1 aromatic heterocycles. The van der Waals surface area contributed by atoms with E-state index in [-0.39, 0.29) is 23.4 Å². The number of hydrogen-bond donors (Lipinski definition) is 1. The first-order valence-corrected chi connectivity index (χ1v) is 12.4. The molecule has 1 N–H and O–H groups in total. The van der Waals surface area contributed by atoms with Crippen LogP contribution in [0.1, 0.15) is 53.5 Å². The van der Waals surface area contributed by atoms with Crippen molar-refractivity contribution in [1.29, 1.82) is 0 Å². The van der Waals surface area contributed by atoms with E-state index < -0.39 is 40.1 Å². The molecule has 1 saturated heterocycles. The van der Waals surface area contributed by atoms with E-state index in [4.69, 9.17) is 11.6 Å². The normalized spacial score (nSPS) is 19.0. The topological polar surface area (TPSA) is 92.5 Å². The van der Waals surface area contributed by atoms with Crippen molar-refractivity contribution in [3.8, 4) is 0 Å². The average Bonchev–Trinajstić information content (AvgIpc) is 3.23. The highest BCUT2D eigenvalue weighted by atomic mass is 35.5. The molecule has 1 atom stereocenters. The number of fused-ring (bicyclic) bond motifs is 1. The van der Waals surface area contributed by atoms with Gasteiger partial charge >= 0.3 is 12.1 Å². The lowest BCUT2D eigenvalue weighted by molar-refractivity contribution is -0.141. The van der Waals surface area contributed by atoms with Gasteiger partial charge in [-0.1, -0.05) is 36.4 Å². The second-order valence-corrected chi connectivity index (χ2v) is 9.52. The SMILES string of the molecule is C=C/C(=C(C(=O)n1nc(C2=CCC(C(=O)O)CC2)c2ccc(C(=O)N3CCC3)cc21)\C(Cl)=C/C)C(F)(F)F. The predicted octanol–water partition coefficient (Wildman–Crippen LogP) is 5.98.